The molecular formula is C31H37N3O3. The minimum absolute atomic E-state index is 0.106. The second-order valence-corrected chi connectivity index (χ2v) is 13.0. The Morgan fingerprint density at radius 2 is 1.97 bits per heavy atom. The van der Waals surface area contributed by atoms with Crippen molar-refractivity contribution in [3.63, 3.8) is 0 Å². The summed E-state index contributed by atoms with van der Waals surface area (Å²) in [5.41, 5.74) is 8.99. The molecule has 8 atom stereocenters. The zero-order valence-corrected chi connectivity index (χ0v) is 21.5. The lowest BCUT2D eigenvalue weighted by Gasteiger charge is -2.57. The van der Waals surface area contributed by atoms with E-state index in [0.29, 0.717) is 11.8 Å². The molecule has 1 unspecified atom stereocenters. The van der Waals surface area contributed by atoms with Crippen LogP contribution in [-0.4, -0.2) is 68.7 Å². The molecule has 2 spiro atoms. The van der Waals surface area contributed by atoms with Crippen LogP contribution in [0.15, 0.2) is 60.0 Å². The van der Waals surface area contributed by atoms with Gasteiger partial charge in [0.05, 0.1) is 17.3 Å². The maximum Gasteiger partial charge on any atom is 0.105 e. The number of hydrogen-bond acceptors (Lipinski definition) is 6. The van der Waals surface area contributed by atoms with Crippen molar-refractivity contribution < 1.29 is 14.9 Å². The first kappa shape index (κ1) is 22.9. The Kier molecular flexibility index (Phi) is 4.64. The van der Waals surface area contributed by atoms with Crippen LogP contribution in [0.3, 0.4) is 0 Å². The highest BCUT2D eigenvalue weighted by Crippen LogP contribution is 2.69. The topological polar surface area (TPSA) is 91.8 Å². The predicted molar refractivity (Wildman–Crippen MR) is 142 cm³/mol. The number of nitrogens with two attached hydrogens (primary N) is 1. The van der Waals surface area contributed by atoms with Crippen molar-refractivity contribution in [2.75, 3.05) is 13.1 Å². The molecule has 2 saturated carbocycles. The molecule has 1 aromatic carbocycles. The number of ether oxygens (including phenoxy) is 1. The number of allylic oxidation sites excluding steroid dienone is 1. The zero-order valence-electron chi connectivity index (χ0n) is 21.5. The molecule has 3 aliphatic heterocycles. The van der Waals surface area contributed by atoms with Gasteiger partial charge in [0.1, 0.15) is 6.10 Å². The Bertz CT molecular complexity index is 1350. The van der Waals surface area contributed by atoms with Crippen LogP contribution < -0.4 is 5.73 Å². The Labute approximate surface area is 218 Å². The third-order valence-electron chi connectivity index (χ3n) is 11.3. The van der Waals surface area contributed by atoms with Gasteiger partial charge in [0, 0.05) is 43.0 Å². The summed E-state index contributed by atoms with van der Waals surface area (Å²) >= 11 is 0. The third kappa shape index (κ3) is 2.91. The average Bonchev–Trinajstić information content (AvgIpc) is 3.40. The number of rotatable bonds is 2. The van der Waals surface area contributed by atoms with E-state index in [1.54, 1.807) is 0 Å². The van der Waals surface area contributed by atoms with E-state index < -0.39 is 17.8 Å². The maximum absolute atomic E-state index is 11.3. The van der Waals surface area contributed by atoms with Gasteiger partial charge in [-0.1, -0.05) is 31.2 Å². The van der Waals surface area contributed by atoms with Gasteiger partial charge in [0.25, 0.3) is 0 Å². The number of pyridine rings is 1. The summed E-state index contributed by atoms with van der Waals surface area (Å²) in [6, 6.07) is 9.07. The first-order valence-electron chi connectivity index (χ1n) is 14.2. The predicted octanol–water partition coefficient (Wildman–Crippen LogP) is 3.43. The van der Waals surface area contributed by atoms with E-state index in [9.17, 15) is 10.2 Å². The number of likely N-dealkylation sites (tertiary alicyclic amines) is 1. The van der Waals surface area contributed by atoms with Crippen molar-refractivity contribution in [2.24, 2.45) is 17.1 Å². The van der Waals surface area contributed by atoms with Crippen LogP contribution in [-0.2, 0) is 4.74 Å². The molecule has 1 aromatic heterocycles. The van der Waals surface area contributed by atoms with Crippen molar-refractivity contribution in [3.05, 3.63) is 65.5 Å². The van der Waals surface area contributed by atoms with Gasteiger partial charge in [-0.15, -0.1) is 0 Å². The third-order valence-corrected chi connectivity index (χ3v) is 11.3. The Morgan fingerprint density at radius 1 is 1.11 bits per heavy atom. The van der Waals surface area contributed by atoms with Crippen molar-refractivity contribution in [3.8, 4) is 0 Å². The highest BCUT2D eigenvalue weighted by Gasteiger charge is 2.68. The largest absolute Gasteiger partial charge is 0.388 e. The monoisotopic (exact) mass is 499 g/mol. The van der Waals surface area contributed by atoms with Crippen molar-refractivity contribution in [1.29, 1.82) is 0 Å². The highest BCUT2D eigenvalue weighted by atomic mass is 16.5. The summed E-state index contributed by atoms with van der Waals surface area (Å²) < 4.78 is 7.33. The van der Waals surface area contributed by atoms with E-state index in [1.807, 2.05) is 12.4 Å². The summed E-state index contributed by atoms with van der Waals surface area (Å²) in [6.07, 6.45) is 12.8. The number of nitrogens with zero attached hydrogens (tertiary/aromatic N) is 2. The van der Waals surface area contributed by atoms with E-state index in [2.05, 4.69) is 53.2 Å². The minimum atomic E-state index is -0.886. The lowest BCUT2D eigenvalue weighted by molar-refractivity contribution is -0.173. The standard InChI is InChI=1S/C31H37N3O3/c1-29-8-6-21-13-24-27(35)28(36)25(34-16-22(32)17-34)14-30(24)9-10-31(21,37-30)26(29)5-4-23(29)19-3-2-18-7-11-33-15-20(18)12-19/h2-3,6-7,11-13,15,22-23,25-28,35-36H,4-5,8-10,14,16-17,32H2,1H3/t23-,25+,26-,27+,28-,29-,30-,31?/m1/s1. The summed E-state index contributed by atoms with van der Waals surface area (Å²) in [7, 11) is 0. The summed E-state index contributed by atoms with van der Waals surface area (Å²) in [6.45, 7) is 4.05. The molecule has 6 aliphatic rings. The van der Waals surface area contributed by atoms with Crippen LogP contribution in [0.25, 0.3) is 10.8 Å². The van der Waals surface area contributed by atoms with Gasteiger partial charge in [-0.05, 0) is 90.0 Å². The zero-order chi connectivity index (χ0) is 25.2. The number of aliphatic hydroxyl groups excluding tert-OH is 2. The molecule has 4 N–H and O–H groups in total. The van der Waals surface area contributed by atoms with Crippen LogP contribution in [0.4, 0.5) is 0 Å². The first-order chi connectivity index (χ1) is 17.8. The van der Waals surface area contributed by atoms with Crippen LogP contribution in [0.5, 0.6) is 0 Å². The van der Waals surface area contributed by atoms with E-state index in [0.717, 1.165) is 50.8 Å². The highest BCUT2D eigenvalue weighted by molar-refractivity contribution is 5.82. The Balaban J connectivity index is 1.17. The molecule has 2 aromatic rings. The smallest absolute Gasteiger partial charge is 0.105 e. The van der Waals surface area contributed by atoms with Crippen molar-refractivity contribution in [2.45, 2.75) is 86.9 Å². The van der Waals surface area contributed by atoms with Crippen LogP contribution in [0.1, 0.15) is 56.9 Å². The van der Waals surface area contributed by atoms with Gasteiger partial charge in [-0.3, -0.25) is 9.88 Å². The van der Waals surface area contributed by atoms with Gasteiger partial charge in [-0.25, -0.2) is 0 Å². The summed E-state index contributed by atoms with van der Waals surface area (Å²) in [4.78, 5) is 6.61. The Hall–Kier alpha value is -2.09. The quantitative estimate of drug-likeness (QED) is 0.587. The number of benzene rings is 1. The van der Waals surface area contributed by atoms with Crippen LogP contribution in [0.2, 0.25) is 0 Å². The normalized spacial score (nSPS) is 45.0. The van der Waals surface area contributed by atoms with E-state index >= 15 is 0 Å². The van der Waals surface area contributed by atoms with Gasteiger partial charge < -0.3 is 20.7 Å². The van der Waals surface area contributed by atoms with E-state index in [-0.39, 0.29) is 23.1 Å². The lowest BCUT2D eigenvalue weighted by Crippen LogP contribution is -2.68. The molecule has 6 heteroatoms. The molecule has 3 aliphatic carbocycles. The number of hydrogen-bond donors (Lipinski definition) is 3. The number of fused-ring (bicyclic) bond motifs is 2. The molecule has 0 amide bonds. The molecular weight excluding hydrogens is 462 g/mol. The second kappa shape index (κ2) is 7.51. The average molecular weight is 500 g/mol. The van der Waals surface area contributed by atoms with Gasteiger partial charge >= 0.3 is 0 Å². The molecule has 0 radical (unpaired) electrons. The second-order valence-electron chi connectivity index (χ2n) is 13.0. The molecule has 4 fully saturated rings. The fourth-order valence-corrected chi connectivity index (χ4v) is 9.46. The van der Waals surface area contributed by atoms with Crippen LogP contribution >= 0.6 is 0 Å². The Morgan fingerprint density at radius 3 is 2.81 bits per heavy atom. The number of aliphatic hydroxyl groups is 2. The molecule has 4 heterocycles. The molecule has 8 rings (SSSR count). The lowest BCUT2D eigenvalue weighted by atomic mass is 9.58. The van der Waals surface area contributed by atoms with Gasteiger partial charge in [0.2, 0.25) is 0 Å². The first-order valence-corrected chi connectivity index (χ1v) is 14.2. The molecule has 2 saturated heterocycles. The fraction of sp³-hybridized carbons (Fsp3) is 0.581. The van der Waals surface area contributed by atoms with E-state index in [1.165, 1.54) is 28.3 Å². The van der Waals surface area contributed by atoms with E-state index in [4.69, 9.17) is 10.5 Å². The summed E-state index contributed by atoms with van der Waals surface area (Å²) in [5, 5.41) is 24.9. The molecule has 37 heavy (non-hydrogen) atoms. The SMILES string of the molecule is C[C@]12CC=C3C=C4[C@H](O)[C@H](O)[C@@H](N5CC(N)C5)C[C@]45CCC3(O5)[C@@H]1CC[C@@H]2c1ccc2ccncc2c1. The molecule has 194 valence electrons. The van der Waals surface area contributed by atoms with Crippen molar-refractivity contribution in [1.82, 2.24) is 9.88 Å². The molecule has 6 nitrogen and oxygen atoms in total. The van der Waals surface area contributed by atoms with Crippen molar-refractivity contribution >= 4 is 10.8 Å². The van der Waals surface area contributed by atoms with Crippen LogP contribution in [0, 0.1) is 11.3 Å². The van der Waals surface area contributed by atoms with Gasteiger partial charge in [-0.2, -0.15) is 0 Å². The number of aromatic nitrogens is 1. The summed E-state index contributed by atoms with van der Waals surface area (Å²) in [5.74, 6) is 0.917. The maximum atomic E-state index is 11.3. The minimum Gasteiger partial charge on any atom is -0.388 e. The fourth-order valence-electron chi connectivity index (χ4n) is 9.46. The molecule has 2 bridgehead atoms. The van der Waals surface area contributed by atoms with Gasteiger partial charge in [0.15, 0.2) is 0 Å².